The van der Waals surface area contributed by atoms with Gasteiger partial charge in [-0.15, -0.1) is 0 Å². The molecule has 0 aliphatic carbocycles. The van der Waals surface area contributed by atoms with Gasteiger partial charge in [-0.25, -0.2) is 4.57 Å². The monoisotopic (exact) mass is 1190 g/mol. The highest BCUT2D eigenvalue weighted by molar-refractivity contribution is 7.47. The summed E-state index contributed by atoms with van der Waals surface area (Å²) in [5.74, 6) is -0.869. The number of ether oxygens (including phenoxy) is 2. The number of carbonyl (C=O) groups is 2. The van der Waals surface area contributed by atoms with Crippen molar-refractivity contribution in [3.8, 4) is 0 Å². The normalized spacial score (nSPS) is 14.3. The molecule has 0 bridgehead atoms. The maximum absolute atomic E-state index is 12.7. The molecule has 0 amide bonds. The molecular weight excluding hydrogens is 1070 g/mol. The Hall–Kier alpha value is -5.15. The number of rotatable bonds is 59. The zero-order chi connectivity index (χ0) is 61.6. The zero-order valence-electron chi connectivity index (χ0n) is 53.3. The smallest absolute Gasteiger partial charge is 0.462 e. The Morgan fingerprint density at radius 1 is 0.353 bits per heavy atom. The minimum absolute atomic E-state index is 0.0386. The van der Waals surface area contributed by atoms with Crippen molar-refractivity contribution in [2.24, 2.45) is 5.73 Å². The second-order valence-corrected chi connectivity index (χ2v) is 22.3. The molecule has 85 heavy (non-hydrogen) atoms. The SMILES string of the molecule is CC/C=C\C/C=C\C/C=C\C/C=C\C/C=C\C/C=C\C/C=C\C/C=C\C/C=C\C/C=C\CCCCCCCCC(=O)OC(COC(=O)CCCCCCCCCC/C=C\C/C=C\C/C=C\C/C=C\C/C=C\C/C=C\CC)COP(=O)(O)OCCN. The third-order valence-corrected chi connectivity index (χ3v) is 14.0. The van der Waals surface area contributed by atoms with E-state index in [0.717, 1.165) is 167 Å². The average Bonchev–Trinajstić information content (AvgIpc) is 3.52. The first kappa shape index (κ1) is 79.8. The summed E-state index contributed by atoms with van der Waals surface area (Å²) in [6.07, 6.45) is 103. The van der Waals surface area contributed by atoms with Crippen LogP contribution in [0.15, 0.2) is 194 Å². The average molecular weight is 1190 g/mol. The molecule has 476 valence electrons. The van der Waals surface area contributed by atoms with Crippen molar-refractivity contribution < 1.29 is 37.6 Å². The molecule has 0 aromatic heterocycles. The van der Waals surface area contributed by atoms with Gasteiger partial charge in [-0.05, 0) is 141 Å². The van der Waals surface area contributed by atoms with Crippen LogP contribution >= 0.6 is 7.82 Å². The maximum atomic E-state index is 12.7. The molecule has 0 saturated heterocycles. The van der Waals surface area contributed by atoms with Gasteiger partial charge >= 0.3 is 19.8 Å². The summed E-state index contributed by atoms with van der Waals surface area (Å²) in [4.78, 5) is 35.3. The molecule has 0 aliphatic heterocycles. The molecule has 0 aromatic carbocycles. The van der Waals surface area contributed by atoms with Crippen LogP contribution in [-0.4, -0.2) is 49.3 Å². The van der Waals surface area contributed by atoms with Gasteiger partial charge in [0.15, 0.2) is 6.10 Å². The van der Waals surface area contributed by atoms with Crippen molar-refractivity contribution >= 4 is 19.8 Å². The van der Waals surface area contributed by atoms with Gasteiger partial charge in [-0.3, -0.25) is 18.6 Å². The van der Waals surface area contributed by atoms with Crippen LogP contribution in [0.25, 0.3) is 0 Å². The van der Waals surface area contributed by atoms with Crippen molar-refractivity contribution in [3.05, 3.63) is 194 Å². The second-order valence-electron chi connectivity index (χ2n) is 20.9. The van der Waals surface area contributed by atoms with Gasteiger partial charge in [0.25, 0.3) is 0 Å². The summed E-state index contributed by atoms with van der Waals surface area (Å²) in [6, 6.07) is 0. The Kier molecular flexibility index (Phi) is 63.9. The lowest BCUT2D eigenvalue weighted by Gasteiger charge is -2.19. The van der Waals surface area contributed by atoms with Gasteiger partial charge in [0.1, 0.15) is 6.61 Å². The molecule has 0 rings (SSSR count). The van der Waals surface area contributed by atoms with E-state index in [4.69, 9.17) is 24.3 Å². The maximum Gasteiger partial charge on any atom is 0.472 e. The van der Waals surface area contributed by atoms with E-state index < -0.39 is 32.5 Å². The highest BCUT2D eigenvalue weighted by Crippen LogP contribution is 2.43. The van der Waals surface area contributed by atoms with E-state index in [1.165, 1.54) is 25.7 Å². The molecule has 0 spiro atoms. The summed E-state index contributed by atoms with van der Waals surface area (Å²) in [5, 5.41) is 0. The Morgan fingerprint density at radius 3 is 0.906 bits per heavy atom. The number of nitrogens with two attached hydrogens (primary N) is 1. The van der Waals surface area contributed by atoms with E-state index in [1.54, 1.807) is 0 Å². The topological polar surface area (TPSA) is 134 Å². The molecule has 3 N–H and O–H groups in total. The van der Waals surface area contributed by atoms with Crippen LogP contribution < -0.4 is 5.73 Å². The van der Waals surface area contributed by atoms with Crippen molar-refractivity contribution in [1.82, 2.24) is 0 Å². The van der Waals surface area contributed by atoms with Crippen LogP contribution in [0.2, 0.25) is 0 Å². The number of phosphoric ester groups is 1. The standard InChI is InChI=1S/C75H118NO8P/c1-3-5-7-9-11-13-15-17-19-21-23-25-27-29-31-32-33-34-35-36-37-38-39-40-42-44-46-48-50-52-54-56-58-60-62-64-66-68-75(78)84-73(72-83-85(79,80)82-70-69-76)71-81-74(77)67-65-63-61-59-57-55-53-51-49-47-45-43-41-30-28-26-24-22-20-18-16-14-12-10-8-6-4-2/h5-8,11-14,17-20,23-26,29-31,33-34,36-37,39-41,44-47,50,52,73H,3-4,9-10,15-16,21-22,27-28,32,35,38,42-43,48-49,51,53-72,76H2,1-2H3,(H,79,80)/b7-5-,8-6-,13-11-,14-12-,19-17-,20-18-,25-23-,26-24-,31-29-,34-33-,37-36-,40-39-,41-30-,46-44-,47-45-,52-50-. The molecule has 2 atom stereocenters. The largest absolute Gasteiger partial charge is 0.472 e. The van der Waals surface area contributed by atoms with Gasteiger partial charge in [0.2, 0.25) is 0 Å². The van der Waals surface area contributed by atoms with Crippen molar-refractivity contribution in [2.45, 2.75) is 238 Å². The lowest BCUT2D eigenvalue weighted by Crippen LogP contribution is -2.29. The van der Waals surface area contributed by atoms with Crippen LogP contribution in [0.3, 0.4) is 0 Å². The quantitative estimate of drug-likeness (QED) is 0.0264. The van der Waals surface area contributed by atoms with Crippen molar-refractivity contribution in [1.29, 1.82) is 0 Å². The minimum Gasteiger partial charge on any atom is -0.462 e. The predicted molar refractivity (Wildman–Crippen MR) is 366 cm³/mol. The van der Waals surface area contributed by atoms with E-state index in [9.17, 15) is 19.0 Å². The van der Waals surface area contributed by atoms with Gasteiger partial charge in [-0.1, -0.05) is 272 Å². The lowest BCUT2D eigenvalue weighted by molar-refractivity contribution is -0.161. The van der Waals surface area contributed by atoms with Crippen molar-refractivity contribution in [3.63, 3.8) is 0 Å². The first-order valence-corrected chi connectivity index (χ1v) is 34.4. The number of allylic oxidation sites excluding steroid dienone is 32. The first-order chi connectivity index (χ1) is 41.8. The van der Waals surface area contributed by atoms with Gasteiger partial charge in [0.05, 0.1) is 13.2 Å². The van der Waals surface area contributed by atoms with Gasteiger partial charge in [-0.2, -0.15) is 0 Å². The van der Waals surface area contributed by atoms with E-state index in [-0.39, 0.29) is 32.6 Å². The van der Waals surface area contributed by atoms with Crippen LogP contribution in [0.1, 0.15) is 232 Å². The zero-order valence-corrected chi connectivity index (χ0v) is 54.1. The minimum atomic E-state index is -4.41. The number of unbranched alkanes of at least 4 members (excludes halogenated alkanes) is 14. The number of phosphoric acid groups is 1. The molecule has 0 saturated carbocycles. The molecule has 9 nitrogen and oxygen atoms in total. The molecule has 2 unspecified atom stereocenters. The van der Waals surface area contributed by atoms with Crippen LogP contribution in [0, 0.1) is 0 Å². The molecule has 0 aliphatic rings. The number of esters is 2. The first-order valence-electron chi connectivity index (χ1n) is 32.9. The van der Waals surface area contributed by atoms with Crippen LogP contribution in [0.4, 0.5) is 0 Å². The predicted octanol–water partition coefficient (Wildman–Crippen LogP) is 21.7. The number of carbonyl (C=O) groups excluding carboxylic acids is 2. The highest BCUT2D eigenvalue weighted by atomic mass is 31.2. The Labute approximate surface area is 519 Å². The fraction of sp³-hybridized carbons (Fsp3) is 0.547. The van der Waals surface area contributed by atoms with E-state index in [1.807, 2.05) is 0 Å². The third-order valence-electron chi connectivity index (χ3n) is 13.0. The highest BCUT2D eigenvalue weighted by Gasteiger charge is 2.26. The van der Waals surface area contributed by atoms with E-state index >= 15 is 0 Å². The Bertz CT molecular complexity index is 2090. The van der Waals surface area contributed by atoms with Crippen LogP contribution in [-0.2, 0) is 32.7 Å². The van der Waals surface area contributed by atoms with E-state index in [2.05, 4.69) is 208 Å². The number of hydrogen-bond donors (Lipinski definition) is 2. The fourth-order valence-electron chi connectivity index (χ4n) is 8.20. The molecule has 0 aromatic rings. The molecule has 10 heteroatoms. The Morgan fingerprint density at radius 2 is 0.612 bits per heavy atom. The second kappa shape index (κ2) is 68.0. The lowest BCUT2D eigenvalue weighted by atomic mass is 10.1. The van der Waals surface area contributed by atoms with E-state index in [0.29, 0.717) is 12.8 Å². The third kappa shape index (κ3) is 67.8. The molecule has 0 fully saturated rings. The molecule has 0 heterocycles. The summed E-state index contributed by atoms with van der Waals surface area (Å²) < 4.78 is 33.1. The summed E-state index contributed by atoms with van der Waals surface area (Å²) in [6.45, 7) is 3.46. The molecular formula is C75H118NO8P. The number of hydrogen-bond acceptors (Lipinski definition) is 8. The van der Waals surface area contributed by atoms with Crippen molar-refractivity contribution in [2.75, 3.05) is 26.4 Å². The summed E-state index contributed by atoms with van der Waals surface area (Å²) >= 11 is 0. The summed E-state index contributed by atoms with van der Waals surface area (Å²) in [7, 11) is -4.41. The molecule has 0 radical (unpaired) electrons. The Balaban J connectivity index is 4.07. The van der Waals surface area contributed by atoms with Gasteiger partial charge < -0.3 is 20.1 Å². The van der Waals surface area contributed by atoms with Crippen LogP contribution in [0.5, 0.6) is 0 Å². The van der Waals surface area contributed by atoms with Gasteiger partial charge in [0, 0.05) is 19.4 Å². The fourth-order valence-corrected chi connectivity index (χ4v) is 8.96. The summed E-state index contributed by atoms with van der Waals surface area (Å²) in [5.41, 5.74) is 5.39.